The molecule has 0 aliphatic carbocycles. The Morgan fingerprint density at radius 3 is 2.92 bits per heavy atom. The lowest BCUT2D eigenvalue weighted by Gasteiger charge is -2.29. The van der Waals surface area contributed by atoms with Crippen LogP contribution < -0.4 is 10.2 Å². The molecule has 8 nitrogen and oxygen atoms in total. The zero-order valence-corrected chi connectivity index (χ0v) is 15.5. The quantitative estimate of drug-likeness (QED) is 0.755. The van der Waals surface area contributed by atoms with Gasteiger partial charge in [0.2, 0.25) is 0 Å². The summed E-state index contributed by atoms with van der Waals surface area (Å²) in [6.45, 7) is 5.00. The fraction of sp³-hybridized carbons (Fsp3) is 0.412. The summed E-state index contributed by atoms with van der Waals surface area (Å²) in [5.74, 6) is 0.346. The number of hydrogen-bond acceptors (Lipinski definition) is 7. The molecule has 0 unspecified atom stereocenters. The van der Waals surface area contributed by atoms with E-state index in [9.17, 15) is 4.79 Å². The van der Waals surface area contributed by atoms with Crippen LogP contribution in [-0.2, 0) is 18.2 Å². The number of aromatic nitrogens is 4. The van der Waals surface area contributed by atoms with Gasteiger partial charge in [-0.2, -0.15) is 5.10 Å². The molecule has 0 bridgehead atoms. The van der Waals surface area contributed by atoms with Gasteiger partial charge in [0.05, 0.1) is 35.5 Å². The molecule has 1 amide bonds. The summed E-state index contributed by atoms with van der Waals surface area (Å²) in [5, 5.41) is 12.5. The third-order valence-electron chi connectivity index (χ3n) is 4.54. The van der Waals surface area contributed by atoms with Gasteiger partial charge < -0.3 is 15.0 Å². The monoisotopic (exact) mass is 372 g/mol. The molecule has 0 atom stereocenters. The van der Waals surface area contributed by atoms with Gasteiger partial charge in [-0.05, 0) is 30.1 Å². The molecule has 1 fully saturated rings. The molecule has 1 aliphatic rings. The van der Waals surface area contributed by atoms with Crippen LogP contribution >= 0.6 is 11.5 Å². The van der Waals surface area contributed by atoms with Crippen LogP contribution in [0.3, 0.4) is 0 Å². The predicted octanol–water partition coefficient (Wildman–Crippen LogP) is 2.08. The molecule has 136 valence electrons. The minimum Gasteiger partial charge on any atom is -0.378 e. The smallest absolute Gasteiger partial charge is 0.270 e. The van der Waals surface area contributed by atoms with Gasteiger partial charge in [0.1, 0.15) is 4.88 Å². The van der Waals surface area contributed by atoms with Crippen LogP contribution in [0.25, 0.3) is 10.9 Å². The van der Waals surface area contributed by atoms with Gasteiger partial charge in [-0.1, -0.05) is 17.5 Å². The van der Waals surface area contributed by atoms with E-state index in [1.165, 1.54) is 0 Å². The Kier molecular flexibility index (Phi) is 4.56. The van der Waals surface area contributed by atoms with Crippen molar-refractivity contribution in [3.05, 3.63) is 28.8 Å². The maximum atomic E-state index is 12.7. The summed E-state index contributed by atoms with van der Waals surface area (Å²) < 4.78 is 11.2. The molecule has 26 heavy (non-hydrogen) atoms. The van der Waals surface area contributed by atoms with E-state index in [2.05, 4.69) is 31.0 Å². The highest BCUT2D eigenvalue weighted by Gasteiger charge is 2.22. The zero-order valence-electron chi connectivity index (χ0n) is 14.7. The lowest BCUT2D eigenvalue weighted by atomic mass is 10.1. The van der Waals surface area contributed by atoms with Crippen LogP contribution in [0.5, 0.6) is 0 Å². The van der Waals surface area contributed by atoms with E-state index in [-0.39, 0.29) is 5.91 Å². The van der Waals surface area contributed by atoms with E-state index < -0.39 is 0 Å². The number of morpholine rings is 1. The van der Waals surface area contributed by atoms with Crippen molar-refractivity contribution in [3.8, 4) is 0 Å². The van der Waals surface area contributed by atoms with Crippen molar-refractivity contribution in [2.75, 3.05) is 36.5 Å². The summed E-state index contributed by atoms with van der Waals surface area (Å²) >= 11 is 1.11. The molecular formula is C17H20N6O2S. The average molecular weight is 372 g/mol. The van der Waals surface area contributed by atoms with Gasteiger partial charge in [0.25, 0.3) is 5.91 Å². The minimum absolute atomic E-state index is 0.214. The Morgan fingerprint density at radius 2 is 2.15 bits per heavy atom. The molecule has 0 radical (unpaired) electrons. The fourth-order valence-corrected chi connectivity index (χ4v) is 3.87. The van der Waals surface area contributed by atoms with E-state index in [1.807, 2.05) is 26.1 Å². The SMILES string of the molecule is CCc1nnsc1C(=O)Nc1nn(C)c2cccc(N3CCOCC3)c12. The van der Waals surface area contributed by atoms with Crippen molar-refractivity contribution in [1.29, 1.82) is 0 Å². The number of hydrogen-bond donors (Lipinski definition) is 1. The number of anilines is 2. The molecule has 1 N–H and O–H groups in total. The average Bonchev–Trinajstić information content (AvgIpc) is 3.27. The molecule has 1 aromatic carbocycles. The highest BCUT2D eigenvalue weighted by atomic mass is 32.1. The van der Waals surface area contributed by atoms with Crippen molar-refractivity contribution >= 4 is 39.8 Å². The molecule has 9 heteroatoms. The maximum absolute atomic E-state index is 12.7. The molecular weight excluding hydrogens is 352 g/mol. The van der Waals surface area contributed by atoms with Crippen molar-refractivity contribution < 1.29 is 9.53 Å². The number of aryl methyl sites for hydroxylation is 2. The van der Waals surface area contributed by atoms with Crippen LogP contribution in [0.15, 0.2) is 18.2 Å². The number of rotatable bonds is 4. The Morgan fingerprint density at radius 1 is 1.35 bits per heavy atom. The highest BCUT2D eigenvalue weighted by molar-refractivity contribution is 7.08. The first-order valence-electron chi connectivity index (χ1n) is 8.60. The maximum Gasteiger partial charge on any atom is 0.270 e. The molecule has 2 aromatic heterocycles. The summed E-state index contributed by atoms with van der Waals surface area (Å²) in [4.78, 5) is 15.5. The molecule has 1 aliphatic heterocycles. The topological polar surface area (TPSA) is 85.2 Å². The van der Waals surface area contributed by atoms with E-state index in [0.717, 1.165) is 41.2 Å². The first kappa shape index (κ1) is 16.9. The fourth-order valence-electron chi connectivity index (χ4n) is 3.23. The van der Waals surface area contributed by atoms with Crippen LogP contribution in [-0.4, -0.2) is 51.6 Å². The Bertz CT molecular complexity index is 944. The molecule has 3 heterocycles. The number of nitrogens with one attached hydrogen (secondary N) is 1. The molecule has 4 rings (SSSR count). The lowest BCUT2D eigenvalue weighted by Crippen LogP contribution is -2.36. The third kappa shape index (κ3) is 2.93. The second-order valence-electron chi connectivity index (χ2n) is 6.10. The summed E-state index contributed by atoms with van der Waals surface area (Å²) in [6.07, 6.45) is 0.668. The second-order valence-corrected chi connectivity index (χ2v) is 6.85. The Hall–Kier alpha value is -2.52. The van der Waals surface area contributed by atoms with Crippen molar-refractivity contribution in [2.24, 2.45) is 7.05 Å². The standard InChI is InChI=1S/C17H20N6O2S/c1-3-11-15(26-21-19-11)17(24)18-16-14-12(22(2)20-16)5-4-6-13(14)23-7-9-25-10-8-23/h4-6H,3,7-10H2,1-2H3,(H,18,20,24). The first-order chi connectivity index (χ1) is 12.7. The minimum atomic E-state index is -0.214. The van der Waals surface area contributed by atoms with Gasteiger partial charge >= 0.3 is 0 Å². The number of benzene rings is 1. The van der Waals surface area contributed by atoms with E-state index >= 15 is 0 Å². The van der Waals surface area contributed by atoms with Crippen molar-refractivity contribution in [1.82, 2.24) is 19.4 Å². The second kappa shape index (κ2) is 7.00. The predicted molar refractivity (Wildman–Crippen MR) is 101 cm³/mol. The van der Waals surface area contributed by atoms with E-state index in [0.29, 0.717) is 36.0 Å². The highest BCUT2D eigenvalue weighted by Crippen LogP contribution is 2.33. The van der Waals surface area contributed by atoms with Gasteiger partial charge in [0.15, 0.2) is 5.82 Å². The van der Waals surface area contributed by atoms with Gasteiger partial charge in [-0.15, -0.1) is 5.10 Å². The van der Waals surface area contributed by atoms with Gasteiger partial charge in [-0.3, -0.25) is 9.48 Å². The van der Waals surface area contributed by atoms with E-state index in [4.69, 9.17) is 4.74 Å². The Balaban J connectivity index is 1.74. The largest absolute Gasteiger partial charge is 0.378 e. The number of carbonyl (C=O) groups is 1. The normalized spacial score (nSPS) is 14.8. The molecule has 0 spiro atoms. The summed E-state index contributed by atoms with van der Waals surface area (Å²) in [6, 6.07) is 6.09. The van der Waals surface area contributed by atoms with Crippen LogP contribution in [0, 0.1) is 0 Å². The number of amides is 1. The first-order valence-corrected chi connectivity index (χ1v) is 9.37. The number of fused-ring (bicyclic) bond motifs is 1. The van der Waals surface area contributed by atoms with Crippen LogP contribution in [0.1, 0.15) is 22.3 Å². The molecule has 3 aromatic rings. The van der Waals surface area contributed by atoms with Crippen LogP contribution in [0.4, 0.5) is 11.5 Å². The van der Waals surface area contributed by atoms with Crippen LogP contribution in [0.2, 0.25) is 0 Å². The van der Waals surface area contributed by atoms with Gasteiger partial charge in [-0.25, -0.2) is 0 Å². The zero-order chi connectivity index (χ0) is 18.1. The number of carbonyl (C=O) groups excluding carboxylic acids is 1. The van der Waals surface area contributed by atoms with E-state index in [1.54, 1.807) is 4.68 Å². The third-order valence-corrected chi connectivity index (χ3v) is 5.30. The lowest BCUT2D eigenvalue weighted by molar-refractivity contribution is 0.102. The van der Waals surface area contributed by atoms with Crippen molar-refractivity contribution in [2.45, 2.75) is 13.3 Å². The molecule has 0 saturated carbocycles. The number of ether oxygens (including phenoxy) is 1. The summed E-state index contributed by atoms with van der Waals surface area (Å²) in [7, 11) is 1.88. The summed E-state index contributed by atoms with van der Waals surface area (Å²) in [5.41, 5.74) is 2.75. The Labute approximate surface area is 154 Å². The molecule has 1 saturated heterocycles. The van der Waals surface area contributed by atoms with Gasteiger partial charge in [0, 0.05) is 20.1 Å². The van der Waals surface area contributed by atoms with Crippen molar-refractivity contribution in [3.63, 3.8) is 0 Å². The number of nitrogens with zero attached hydrogens (tertiary/aromatic N) is 5.